The maximum absolute atomic E-state index is 14.9. The Labute approximate surface area is 248 Å². The van der Waals surface area contributed by atoms with E-state index in [-0.39, 0.29) is 24.3 Å². The minimum absolute atomic E-state index is 0.0290. The van der Waals surface area contributed by atoms with Crippen LogP contribution in [0.3, 0.4) is 0 Å². The van der Waals surface area contributed by atoms with Gasteiger partial charge < -0.3 is 19.2 Å². The summed E-state index contributed by atoms with van der Waals surface area (Å²) < 4.78 is 67.6. The Bertz CT molecular complexity index is 1420. The maximum atomic E-state index is 14.9. The summed E-state index contributed by atoms with van der Waals surface area (Å²) in [5.74, 6) is -0.0294. The average molecular weight is 598 g/mol. The standard InChI is InChI=1S/C33H35F4N3O3/c1-3-42-27-13-14-28(34)30(20-27)39-17-15-31(24(21-39)19-23-7-5-4-6-8-23)43-26-11-9-25(10-12-26)40-29(16-18-41)22(2)32(38-40)33(35,36)37/h4-14,18,20,22,24,29,31H,3,15-17,19,21H2,1-2H3/t22?,24?,29-,31?/m0/s1. The van der Waals surface area contributed by atoms with Crippen molar-refractivity contribution in [3.8, 4) is 11.5 Å². The van der Waals surface area contributed by atoms with Crippen LogP contribution in [0.15, 0.2) is 77.9 Å². The molecule has 0 radical (unpaired) electrons. The van der Waals surface area contributed by atoms with E-state index in [4.69, 9.17) is 9.47 Å². The lowest BCUT2D eigenvalue weighted by Gasteiger charge is -2.40. The van der Waals surface area contributed by atoms with Crippen molar-refractivity contribution in [2.45, 2.75) is 51.4 Å². The van der Waals surface area contributed by atoms with Gasteiger partial charge in [-0.3, -0.25) is 5.01 Å². The van der Waals surface area contributed by atoms with E-state index >= 15 is 0 Å². The first kappa shape index (κ1) is 30.4. The summed E-state index contributed by atoms with van der Waals surface area (Å²) in [6.45, 7) is 4.96. The highest BCUT2D eigenvalue weighted by atomic mass is 19.4. The molecule has 0 saturated carbocycles. The third-order valence-corrected chi connectivity index (χ3v) is 8.13. The van der Waals surface area contributed by atoms with Gasteiger partial charge in [-0.1, -0.05) is 37.3 Å². The predicted molar refractivity (Wildman–Crippen MR) is 158 cm³/mol. The Morgan fingerprint density at radius 3 is 2.42 bits per heavy atom. The lowest BCUT2D eigenvalue weighted by atomic mass is 9.88. The van der Waals surface area contributed by atoms with Gasteiger partial charge in [0, 0.05) is 43.8 Å². The van der Waals surface area contributed by atoms with Crippen LogP contribution < -0.4 is 19.4 Å². The molecule has 3 unspecified atom stereocenters. The van der Waals surface area contributed by atoms with Gasteiger partial charge in [-0.05, 0) is 55.3 Å². The molecule has 4 atom stereocenters. The number of alkyl halides is 3. The van der Waals surface area contributed by atoms with Crippen LogP contribution in [-0.4, -0.2) is 50.0 Å². The molecular formula is C33H35F4N3O3. The van der Waals surface area contributed by atoms with E-state index in [2.05, 4.69) is 17.2 Å². The quantitative estimate of drug-likeness (QED) is 0.185. The van der Waals surface area contributed by atoms with Gasteiger partial charge in [0.15, 0.2) is 0 Å². The number of aldehydes is 1. The molecule has 6 nitrogen and oxygen atoms in total. The monoisotopic (exact) mass is 597 g/mol. The molecular weight excluding hydrogens is 562 g/mol. The van der Waals surface area contributed by atoms with Crippen molar-refractivity contribution in [3.63, 3.8) is 0 Å². The Balaban J connectivity index is 1.35. The molecule has 3 aromatic carbocycles. The van der Waals surface area contributed by atoms with Gasteiger partial charge >= 0.3 is 6.18 Å². The van der Waals surface area contributed by atoms with Gasteiger partial charge in [0.1, 0.15) is 35.4 Å². The van der Waals surface area contributed by atoms with Crippen molar-refractivity contribution < 1.29 is 31.8 Å². The second-order valence-electron chi connectivity index (χ2n) is 11.0. The van der Waals surface area contributed by atoms with Crippen molar-refractivity contribution in [2.75, 3.05) is 29.6 Å². The normalized spacial score (nSPS) is 22.3. The fourth-order valence-electron chi connectivity index (χ4n) is 5.98. The summed E-state index contributed by atoms with van der Waals surface area (Å²) in [7, 11) is 0. The van der Waals surface area contributed by atoms with E-state index in [0.717, 1.165) is 12.0 Å². The summed E-state index contributed by atoms with van der Waals surface area (Å²) in [4.78, 5) is 13.3. The number of carbonyl (C=O) groups is 1. The molecule has 0 amide bonds. The number of piperidine rings is 1. The largest absolute Gasteiger partial charge is 0.494 e. The topological polar surface area (TPSA) is 54.4 Å². The number of hydrogen-bond donors (Lipinski definition) is 0. The molecule has 2 aliphatic heterocycles. The van der Waals surface area contributed by atoms with E-state index in [1.54, 1.807) is 36.4 Å². The molecule has 43 heavy (non-hydrogen) atoms. The number of carbonyl (C=O) groups excluding carboxylic acids is 1. The van der Waals surface area contributed by atoms with Crippen LogP contribution >= 0.6 is 0 Å². The highest BCUT2D eigenvalue weighted by Crippen LogP contribution is 2.37. The predicted octanol–water partition coefficient (Wildman–Crippen LogP) is 7.07. The Kier molecular flexibility index (Phi) is 9.22. The van der Waals surface area contributed by atoms with Crippen LogP contribution in [0.1, 0.15) is 32.3 Å². The summed E-state index contributed by atoms with van der Waals surface area (Å²) in [6.07, 6.45) is -2.84. The smallest absolute Gasteiger partial charge is 0.431 e. The molecule has 0 aliphatic carbocycles. The number of rotatable bonds is 10. The minimum atomic E-state index is -4.58. The number of ether oxygens (including phenoxy) is 2. The first-order chi connectivity index (χ1) is 20.7. The van der Waals surface area contributed by atoms with Crippen LogP contribution in [-0.2, 0) is 11.2 Å². The number of halogens is 4. The molecule has 0 spiro atoms. The third kappa shape index (κ3) is 6.95. The van der Waals surface area contributed by atoms with E-state index in [9.17, 15) is 22.4 Å². The maximum Gasteiger partial charge on any atom is 0.431 e. The highest BCUT2D eigenvalue weighted by molar-refractivity contribution is 5.95. The minimum Gasteiger partial charge on any atom is -0.494 e. The van der Waals surface area contributed by atoms with Crippen LogP contribution in [0.4, 0.5) is 28.9 Å². The average Bonchev–Trinajstić information content (AvgIpc) is 3.32. The molecule has 1 saturated heterocycles. The zero-order valence-electron chi connectivity index (χ0n) is 24.1. The number of anilines is 2. The molecule has 0 N–H and O–H groups in total. The molecule has 0 aromatic heterocycles. The molecule has 3 aromatic rings. The van der Waals surface area contributed by atoms with Crippen LogP contribution in [0, 0.1) is 17.7 Å². The zero-order valence-corrected chi connectivity index (χ0v) is 24.1. The van der Waals surface area contributed by atoms with Gasteiger partial charge in [0.2, 0.25) is 0 Å². The molecule has 0 bridgehead atoms. The summed E-state index contributed by atoms with van der Waals surface area (Å²) in [5.41, 5.74) is 1.20. The van der Waals surface area contributed by atoms with Crippen LogP contribution in [0.25, 0.3) is 0 Å². The summed E-state index contributed by atoms with van der Waals surface area (Å²) in [6, 6.07) is 20.9. The van der Waals surface area contributed by atoms with Crippen LogP contribution in [0.2, 0.25) is 0 Å². The third-order valence-electron chi connectivity index (χ3n) is 8.13. The van der Waals surface area contributed by atoms with Crippen molar-refractivity contribution in [2.24, 2.45) is 16.9 Å². The second kappa shape index (κ2) is 13.1. The molecule has 2 heterocycles. The molecule has 1 fully saturated rings. The van der Waals surface area contributed by atoms with Crippen molar-refractivity contribution in [1.29, 1.82) is 0 Å². The Morgan fingerprint density at radius 1 is 1.02 bits per heavy atom. The van der Waals surface area contributed by atoms with Gasteiger partial charge in [-0.2, -0.15) is 18.3 Å². The number of hydrazone groups is 1. The Hall–Kier alpha value is -4.08. The number of benzene rings is 3. The molecule has 10 heteroatoms. The zero-order chi connectivity index (χ0) is 30.6. The van der Waals surface area contributed by atoms with E-state index in [1.165, 1.54) is 18.0 Å². The SMILES string of the molecule is CCOc1ccc(F)c(N2CCC(Oc3ccc(N4N=C(C(F)(F)F)C(C)[C@@H]4CC=O)cc3)C(Cc3ccccc3)C2)c1. The fourth-order valence-corrected chi connectivity index (χ4v) is 5.98. The Morgan fingerprint density at radius 2 is 1.74 bits per heavy atom. The first-order valence-corrected chi connectivity index (χ1v) is 14.5. The molecule has 228 valence electrons. The van der Waals surface area contributed by atoms with E-state index < -0.39 is 23.8 Å². The number of nitrogens with zero attached hydrogens (tertiary/aromatic N) is 3. The summed E-state index contributed by atoms with van der Waals surface area (Å²) >= 11 is 0. The lowest BCUT2D eigenvalue weighted by Crippen LogP contribution is -2.46. The highest BCUT2D eigenvalue weighted by Gasteiger charge is 2.48. The molecule has 5 rings (SSSR count). The van der Waals surface area contributed by atoms with Gasteiger partial charge in [0.05, 0.1) is 24.0 Å². The van der Waals surface area contributed by atoms with Gasteiger partial charge in [-0.25, -0.2) is 4.39 Å². The second-order valence-corrected chi connectivity index (χ2v) is 11.0. The van der Waals surface area contributed by atoms with Gasteiger partial charge in [-0.15, -0.1) is 0 Å². The van der Waals surface area contributed by atoms with Crippen LogP contribution in [0.5, 0.6) is 11.5 Å². The van der Waals surface area contributed by atoms with E-state index in [0.29, 0.717) is 55.3 Å². The number of hydrogen-bond acceptors (Lipinski definition) is 6. The molecule has 2 aliphatic rings. The summed E-state index contributed by atoms with van der Waals surface area (Å²) in [5, 5.41) is 5.14. The lowest BCUT2D eigenvalue weighted by molar-refractivity contribution is -0.108. The van der Waals surface area contributed by atoms with E-state index in [1.807, 2.05) is 30.0 Å². The fraction of sp³-hybridized carbons (Fsp3) is 0.394. The van der Waals surface area contributed by atoms with Crippen molar-refractivity contribution >= 4 is 23.4 Å². The van der Waals surface area contributed by atoms with Gasteiger partial charge in [0.25, 0.3) is 0 Å². The van der Waals surface area contributed by atoms with Crippen molar-refractivity contribution in [1.82, 2.24) is 0 Å². The first-order valence-electron chi connectivity index (χ1n) is 14.5. The van der Waals surface area contributed by atoms with Crippen molar-refractivity contribution in [3.05, 3.63) is 84.2 Å².